The van der Waals surface area contributed by atoms with Crippen molar-refractivity contribution in [3.63, 3.8) is 0 Å². The summed E-state index contributed by atoms with van der Waals surface area (Å²) in [6, 6.07) is 19.5. The predicted octanol–water partition coefficient (Wildman–Crippen LogP) is 1.97. The summed E-state index contributed by atoms with van der Waals surface area (Å²) in [5.41, 5.74) is 0.392. The number of hydrogen-bond acceptors (Lipinski definition) is 5. The third-order valence-corrected chi connectivity index (χ3v) is 5.49. The lowest BCUT2D eigenvalue weighted by Crippen LogP contribution is -2.52. The van der Waals surface area contributed by atoms with Crippen molar-refractivity contribution in [1.82, 2.24) is 4.90 Å². The highest BCUT2D eigenvalue weighted by Gasteiger charge is 2.49. The fourth-order valence-corrected chi connectivity index (χ4v) is 3.67. The summed E-state index contributed by atoms with van der Waals surface area (Å²) in [6.45, 7) is 3.50. The van der Waals surface area contributed by atoms with E-state index in [0.717, 1.165) is 11.1 Å². The van der Waals surface area contributed by atoms with E-state index in [1.165, 1.54) is 0 Å². The smallest absolute Gasteiger partial charge is 0.264 e. The van der Waals surface area contributed by atoms with Gasteiger partial charge in [-0.3, -0.25) is 4.79 Å². The van der Waals surface area contributed by atoms with Crippen molar-refractivity contribution in [3.8, 4) is 0 Å². The number of carbonyl (C=O) groups is 1. The molecule has 3 saturated heterocycles. The summed E-state index contributed by atoms with van der Waals surface area (Å²) in [4.78, 5) is 16.0. The quantitative estimate of drug-likeness (QED) is 0.576. The molecular formula is C23H25NO5. The van der Waals surface area contributed by atoms with Crippen LogP contribution in [0.25, 0.3) is 0 Å². The molecule has 1 amide bonds. The molecule has 0 aromatic heterocycles. The number of epoxide rings is 3. The van der Waals surface area contributed by atoms with Crippen molar-refractivity contribution < 1.29 is 23.7 Å². The number of nitrogens with zero attached hydrogens (tertiary/aromatic N) is 1. The number of amides is 1. The summed E-state index contributed by atoms with van der Waals surface area (Å²) in [5, 5.41) is 0. The van der Waals surface area contributed by atoms with Crippen LogP contribution in [0.4, 0.5) is 0 Å². The van der Waals surface area contributed by atoms with Crippen LogP contribution in [-0.2, 0) is 29.3 Å². The zero-order valence-corrected chi connectivity index (χ0v) is 16.2. The van der Waals surface area contributed by atoms with Gasteiger partial charge in [0.1, 0.15) is 6.10 Å². The Bertz CT molecular complexity index is 777. The van der Waals surface area contributed by atoms with Gasteiger partial charge in [0.2, 0.25) is 0 Å². The number of benzene rings is 2. The number of ether oxygens (including phenoxy) is 4. The monoisotopic (exact) mass is 395 g/mol. The van der Waals surface area contributed by atoms with E-state index in [2.05, 4.69) is 0 Å². The van der Waals surface area contributed by atoms with Gasteiger partial charge in [-0.25, -0.2) is 0 Å². The maximum absolute atomic E-state index is 14.2. The van der Waals surface area contributed by atoms with Gasteiger partial charge in [0.25, 0.3) is 5.91 Å². The summed E-state index contributed by atoms with van der Waals surface area (Å²) in [5.74, 6) is -0.0819. The second kappa shape index (κ2) is 7.88. The molecule has 3 unspecified atom stereocenters. The zero-order valence-electron chi connectivity index (χ0n) is 16.2. The average Bonchev–Trinajstić information content (AvgIpc) is 3.62. The maximum atomic E-state index is 14.2. The molecule has 2 aromatic rings. The molecule has 0 aliphatic carbocycles. The van der Waals surface area contributed by atoms with E-state index < -0.39 is 5.60 Å². The van der Waals surface area contributed by atoms with Gasteiger partial charge >= 0.3 is 0 Å². The minimum atomic E-state index is -1.24. The molecule has 6 nitrogen and oxygen atoms in total. The topological polar surface area (TPSA) is 67.1 Å². The van der Waals surface area contributed by atoms with Crippen LogP contribution in [-0.4, -0.2) is 68.6 Å². The molecule has 6 heteroatoms. The minimum Gasteiger partial charge on any atom is -0.371 e. The van der Waals surface area contributed by atoms with Crippen LogP contribution in [0, 0.1) is 0 Å². The lowest BCUT2D eigenvalue weighted by Gasteiger charge is -2.38. The Morgan fingerprint density at radius 2 is 1.28 bits per heavy atom. The zero-order chi connectivity index (χ0) is 19.7. The van der Waals surface area contributed by atoms with Crippen LogP contribution in [0.3, 0.4) is 0 Å². The summed E-state index contributed by atoms with van der Waals surface area (Å²) >= 11 is 0. The molecule has 0 bridgehead atoms. The van der Waals surface area contributed by atoms with Gasteiger partial charge in [-0.05, 0) is 11.1 Å². The van der Waals surface area contributed by atoms with Crippen LogP contribution in [0.1, 0.15) is 11.1 Å². The van der Waals surface area contributed by atoms with Gasteiger partial charge in [-0.15, -0.1) is 0 Å². The Morgan fingerprint density at radius 1 is 0.828 bits per heavy atom. The van der Waals surface area contributed by atoms with Gasteiger partial charge in [0.05, 0.1) is 38.6 Å². The van der Waals surface area contributed by atoms with Crippen molar-refractivity contribution in [2.45, 2.75) is 23.9 Å². The number of carbonyl (C=O) groups excluding carboxylic acids is 1. The van der Waals surface area contributed by atoms with E-state index in [1.54, 1.807) is 0 Å². The Balaban J connectivity index is 1.57. The molecule has 3 atom stereocenters. The predicted molar refractivity (Wildman–Crippen MR) is 105 cm³/mol. The molecule has 0 spiro atoms. The van der Waals surface area contributed by atoms with Crippen LogP contribution < -0.4 is 0 Å². The summed E-state index contributed by atoms with van der Waals surface area (Å²) in [6.07, 6.45) is 0.226. The standard InChI is InChI=1S/C23H25NO5/c25-22(24(11-19-13-26-19)12-20-14-27-20)23(29-16-21-15-28-21,17-7-3-1-4-8-17)18-9-5-2-6-10-18/h1-10,19-21H,11-16H2. The van der Waals surface area contributed by atoms with Crippen molar-refractivity contribution >= 4 is 5.91 Å². The van der Waals surface area contributed by atoms with Gasteiger partial charge in [-0.2, -0.15) is 0 Å². The highest BCUT2D eigenvalue weighted by atomic mass is 16.6. The molecule has 0 radical (unpaired) electrons. The van der Waals surface area contributed by atoms with Gasteiger partial charge in [0, 0.05) is 13.1 Å². The lowest BCUT2D eigenvalue weighted by atomic mass is 9.84. The van der Waals surface area contributed by atoms with Crippen LogP contribution >= 0.6 is 0 Å². The Morgan fingerprint density at radius 3 is 1.69 bits per heavy atom. The van der Waals surface area contributed by atoms with Crippen molar-refractivity contribution in [2.24, 2.45) is 0 Å². The Kier molecular flexibility index (Phi) is 5.09. The second-order valence-electron chi connectivity index (χ2n) is 7.80. The Hall–Kier alpha value is -2.25. The molecule has 0 saturated carbocycles. The van der Waals surface area contributed by atoms with Gasteiger partial charge in [-0.1, -0.05) is 60.7 Å². The van der Waals surface area contributed by atoms with Crippen molar-refractivity contribution in [2.75, 3.05) is 39.5 Å². The number of hydrogen-bond donors (Lipinski definition) is 0. The first-order valence-electron chi connectivity index (χ1n) is 10.1. The van der Waals surface area contributed by atoms with Crippen LogP contribution in [0.2, 0.25) is 0 Å². The van der Waals surface area contributed by atoms with Crippen molar-refractivity contribution in [3.05, 3.63) is 71.8 Å². The summed E-state index contributed by atoms with van der Waals surface area (Å²) < 4.78 is 22.7. The van der Waals surface area contributed by atoms with Crippen molar-refractivity contribution in [1.29, 1.82) is 0 Å². The second-order valence-corrected chi connectivity index (χ2v) is 7.80. The van der Waals surface area contributed by atoms with E-state index in [-0.39, 0.29) is 24.2 Å². The molecule has 2 aromatic carbocycles. The van der Waals surface area contributed by atoms with E-state index in [9.17, 15) is 4.79 Å². The highest BCUT2D eigenvalue weighted by Crippen LogP contribution is 2.37. The molecule has 152 valence electrons. The molecule has 3 heterocycles. The van der Waals surface area contributed by atoms with E-state index in [1.807, 2.05) is 65.6 Å². The average molecular weight is 395 g/mol. The van der Waals surface area contributed by atoms with Gasteiger partial charge in [0.15, 0.2) is 5.60 Å². The Labute approximate surface area is 170 Å². The van der Waals surface area contributed by atoms with E-state index >= 15 is 0 Å². The molecule has 3 aliphatic heterocycles. The largest absolute Gasteiger partial charge is 0.371 e. The summed E-state index contributed by atoms with van der Waals surface area (Å²) in [7, 11) is 0. The molecule has 3 aliphatic rings. The lowest BCUT2D eigenvalue weighted by molar-refractivity contribution is -0.155. The fourth-order valence-electron chi connectivity index (χ4n) is 3.67. The maximum Gasteiger partial charge on any atom is 0.264 e. The molecular weight excluding hydrogens is 370 g/mol. The molecule has 29 heavy (non-hydrogen) atoms. The van der Waals surface area contributed by atoms with E-state index in [4.69, 9.17) is 18.9 Å². The normalized spacial score (nSPS) is 24.8. The number of rotatable bonds is 10. The SMILES string of the molecule is O=C(N(CC1CO1)CC1CO1)C(OCC1CO1)(c1ccccc1)c1ccccc1. The molecule has 0 N–H and O–H groups in total. The first-order chi connectivity index (χ1) is 14.3. The van der Waals surface area contributed by atoms with Crippen LogP contribution in [0.5, 0.6) is 0 Å². The van der Waals surface area contributed by atoms with E-state index in [0.29, 0.717) is 39.5 Å². The molecule has 3 fully saturated rings. The fraction of sp³-hybridized carbons (Fsp3) is 0.435. The highest BCUT2D eigenvalue weighted by molar-refractivity contribution is 5.90. The van der Waals surface area contributed by atoms with Gasteiger partial charge < -0.3 is 23.8 Å². The first kappa shape index (κ1) is 18.8. The minimum absolute atomic E-state index is 0.0431. The molecule has 5 rings (SSSR count). The van der Waals surface area contributed by atoms with Crippen LogP contribution in [0.15, 0.2) is 60.7 Å². The third kappa shape index (κ3) is 4.21. The first-order valence-corrected chi connectivity index (χ1v) is 10.1. The third-order valence-electron chi connectivity index (χ3n) is 5.49.